The summed E-state index contributed by atoms with van der Waals surface area (Å²) in [7, 11) is -3.09. The van der Waals surface area contributed by atoms with Crippen molar-refractivity contribution < 1.29 is 8.42 Å². The number of hydrogen-bond acceptors (Lipinski definition) is 3. The molecule has 0 aromatic rings. The second-order valence-corrected chi connectivity index (χ2v) is 4.90. The highest BCUT2D eigenvalue weighted by Crippen LogP contribution is 2.17. The van der Waals surface area contributed by atoms with E-state index in [1.807, 2.05) is 6.08 Å². The van der Waals surface area contributed by atoms with Gasteiger partial charge in [-0.15, -0.1) is 0 Å². The Bertz CT molecular complexity index is 271. The smallest absolute Gasteiger partial charge is 0.234 e. The standard InChI is InChI=1S/C7H14N2O2S/c1-2-12(10,11)9-5-3-4-7(9)6-8/h3,5,7H,2,4,6,8H2,1H3. The first kappa shape index (κ1) is 9.54. The van der Waals surface area contributed by atoms with Crippen molar-refractivity contribution in [3.05, 3.63) is 12.3 Å². The Morgan fingerprint density at radius 1 is 1.67 bits per heavy atom. The zero-order chi connectivity index (χ0) is 9.19. The summed E-state index contributed by atoms with van der Waals surface area (Å²) in [5.74, 6) is 0.133. The van der Waals surface area contributed by atoms with Crippen LogP contribution in [-0.2, 0) is 10.0 Å². The van der Waals surface area contributed by atoms with Crippen molar-refractivity contribution in [3.63, 3.8) is 0 Å². The summed E-state index contributed by atoms with van der Waals surface area (Å²) < 4.78 is 24.1. The molecule has 2 N–H and O–H groups in total. The van der Waals surface area contributed by atoms with Crippen molar-refractivity contribution in [2.75, 3.05) is 12.3 Å². The van der Waals surface area contributed by atoms with Gasteiger partial charge in [-0.05, 0) is 13.3 Å². The van der Waals surface area contributed by atoms with Crippen LogP contribution in [0, 0.1) is 0 Å². The number of nitrogens with two attached hydrogens (primary N) is 1. The van der Waals surface area contributed by atoms with E-state index in [0.29, 0.717) is 6.54 Å². The molecule has 12 heavy (non-hydrogen) atoms. The molecule has 0 spiro atoms. The van der Waals surface area contributed by atoms with Crippen molar-refractivity contribution in [1.29, 1.82) is 0 Å². The van der Waals surface area contributed by atoms with E-state index in [-0.39, 0.29) is 11.8 Å². The minimum Gasteiger partial charge on any atom is -0.328 e. The Kier molecular flexibility index (Phi) is 2.74. The average Bonchev–Trinajstić information content (AvgIpc) is 2.52. The van der Waals surface area contributed by atoms with Gasteiger partial charge in [-0.2, -0.15) is 0 Å². The molecule has 1 unspecified atom stereocenters. The van der Waals surface area contributed by atoms with Crippen molar-refractivity contribution in [1.82, 2.24) is 4.31 Å². The van der Waals surface area contributed by atoms with Crippen LogP contribution in [0.3, 0.4) is 0 Å². The highest BCUT2D eigenvalue weighted by molar-refractivity contribution is 7.89. The van der Waals surface area contributed by atoms with Crippen LogP contribution in [0.5, 0.6) is 0 Å². The van der Waals surface area contributed by atoms with E-state index in [4.69, 9.17) is 5.73 Å². The molecule has 70 valence electrons. The maximum atomic E-state index is 11.4. The van der Waals surface area contributed by atoms with Gasteiger partial charge in [0.05, 0.1) is 11.8 Å². The lowest BCUT2D eigenvalue weighted by Crippen LogP contribution is -2.38. The number of rotatable bonds is 3. The number of hydrogen-bond donors (Lipinski definition) is 1. The van der Waals surface area contributed by atoms with Crippen LogP contribution >= 0.6 is 0 Å². The van der Waals surface area contributed by atoms with Crippen LogP contribution in [-0.4, -0.2) is 31.1 Å². The molecule has 0 aromatic heterocycles. The fourth-order valence-electron chi connectivity index (χ4n) is 1.22. The second kappa shape index (κ2) is 3.45. The Balaban J connectivity index is 2.81. The summed E-state index contributed by atoms with van der Waals surface area (Å²) in [5.41, 5.74) is 5.43. The molecule has 0 fully saturated rings. The van der Waals surface area contributed by atoms with Gasteiger partial charge in [0.15, 0.2) is 0 Å². The summed E-state index contributed by atoms with van der Waals surface area (Å²) in [6, 6.07) is -0.0602. The van der Waals surface area contributed by atoms with Crippen LogP contribution in [0.15, 0.2) is 12.3 Å². The van der Waals surface area contributed by atoms with Crippen LogP contribution in [0.2, 0.25) is 0 Å². The average molecular weight is 190 g/mol. The SMILES string of the molecule is CCS(=O)(=O)N1C=CCC1CN. The van der Waals surface area contributed by atoms with Crippen LogP contribution in [0.4, 0.5) is 0 Å². The third-order valence-corrected chi connectivity index (χ3v) is 3.77. The molecule has 0 saturated carbocycles. The highest BCUT2D eigenvalue weighted by Gasteiger charge is 2.26. The molecule has 1 aliphatic heterocycles. The summed E-state index contributed by atoms with van der Waals surface area (Å²) in [4.78, 5) is 0. The molecule has 1 aliphatic rings. The topological polar surface area (TPSA) is 63.4 Å². The molecular formula is C7H14N2O2S. The van der Waals surface area contributed by atoms with Gasteiger partial charge in [0, 0.05) is 12.7 Å². The molecule has 5 heteroatoms. The van der Waals surface area contributed by atoms with Gasteiger partial charge in [0.2, 0.25) is 10.0 Å². The van der Waals surface area contributed by atoms with Crippen molar-refractivity contribution >= 4 is 10.0 Å². The minimum absolute atomic E-state index is 0.0602. The van der Waals surface area contributed by atoms with Gasteiger partial charge in [-0.25, -0.2) is 8.42 Å². The Hall–Kier alpha value is -0.550. The summed E-state index contributed by atoms with van der Waals surface area (Å²) in [6.45, 7) is 2.02. The number of sulfonamides is 1. The largest absolute Gasteiger partial charge is 0.328 e. The highest BCUT2D eigenvalue weighted by atomic mass is 32.2. The van der Waals surface area contributed by atoms with Crippen molar-refractivity contribution in [2.45, 2.75) is 19.4 Å². The first-order chi connectivity index (χ1) is 5.61. The molecule has 1 rings (SSSR count). The summed E-state index contributed by atoms with van der Waals surface area (Å²) in [5, 5.41) is 0. The molecular weight excluding hydrogens is 176 g/mol. The monoisotopic (exact) mass is 190 g/mol. The van der Waals surface area contributed by atoms with Gasteiger partial charge in [-0.3, -0.25) is 4.31 Å². The maximum Gasteiger partial charge on any atom is 0.234 e. The van der Waals surface area contributed by atoms with Gasteiger partial charge < -0.3 is 5.73 Å². The Morgan fingerprint density at radius 2 is 2.33 bits per heavy atom. The Morgan fingerprint density at radius 3 is 2.83 bits per heavy atom. The third-order valence-electron chi connectivity index (χ3n) is 1.98. The van der Waals surface area contributed by atoms with E-state index < -0.39 is 10.0 Å². The van der Waals surface area contributed by atoms with Crippen LogP contribution < -0.4 is 5.73 Å². The van der Waals surface area contributed by atoms with Gasteiger partial charge in [0.25, 0.3) is 0 Å². The quantitative estimate of drug-likeness (QED) is 0.675. The lowest BCUT2D eigenvalue weighted by molar-refractivity contribution is 0.429. The predicted molar refractivity (Wildman–Crippen MR) is 47.9 cm³/mol. The fourth-order valence-corrected chi connectivity index (χ4v) is 2.41. The summed E-state index contributed by atoms with van der Waals surface area (Å²) >= 11 is 0. The minimum atomic E-state index is -3.09. The van der Waals surface area contributed by atoms with Crippen molar-refractivity contribution in [3.8, 4) is 0 Å². The zero-order valence-electron chi connectivity index (χ0n) is 7.10. The lowest BCUT2D eigenvalue weighted by atomic mass is 10.2. The molecule has 1 atom stereocenters. The molecule has 0 radical (unpaired) electrons. The number of nitrogens with zero attached hydrogens (tertiary/aromatic N) is 1. The first-order valence-corrected chi connectivity index (χ1v) is 5.60. The van der Waals surface area contributed by atoms with E-state index in [1.165, 1.54) is 4.31 Å². The maximum absolute atomic E-state index is 11.4. The Labute approximate surface area is 73.1 Å². The van der Waals surface area contributed by atoms with Gasteiger partial charge in [0.1, 0.15) is 0 Å². The molecule has 4 nitrogen and oxygen atoms in total. The van der Waals surface area contributed by atoms with E-state index in [0.717, 1.165) is 6.42 Å². The molecule has 1 heterocycles. The predicted octanol–water partition coefficient (Wildman–Crippen LogP) is -0.117. The lowest BCUT2D eigenvalue weighted by Gasteiger charge is -2.22. The summed E-state index contributed by atoms with van der Waals surface area (Å²) in [6.07, 6.45) is 4.18. The van der Waals surface area contributed by atoms with E-state index >= 15 is 0 Å². The van der Waals surface area contributed by atoms with E-state index in [9.17, 15) is 8.42 Å². The molecule has 0 saturated heterocycles. The van der Waals surface area contributed by atoms with E-state index in [2.05, 4.69) is 0 Å². The zero-order valence-corrected chi connectivity index (χ0v) is 7.92. The van der Waals surface area contributed by atoms with Gasteiger partial charge in [-0.1, -0.05) is 6.08 Å². The van der Waals surface area contributed by atoms with Crippen LogP contribution in [0.25, 0.3) is 0 Å². The van der Waals surface area contributed by atoms with E-state index in [1.54, 1.807) is 13.1 Å². The third kappa shape index (κ3) is 1.61. The normalized spacial score (nSPS) is 23.5. The van der Waals surface area contributed by atoms with Crippen molar-refractivity contribution in [2.24, 2.45) is 5.73 Å². The molecule has 0 bridgehead atoms. The first-order valence-electron chi connectivity index (χ1n) is 3.99. The molecule has 0 aromatic carbocycles. The molecule has 0 amide bonds. The fraction of sp³-hybridized carbons (Fsp3) is 0.714. The van der Waals surface area contributed by atoms with Crippen LogP contribution in [0.1, 0.15) is 13.3 Å². The second-order valence-electron chi connectivity index (χ2n) is 2.74. The molecule has 0 aliphatic carbocycles. The van der Waals surface area contributed by atoms with Gasteiger partial charge >= 0.3 is 0 Å².